The molecule has 0 fully saturated rings. The van der Waals surface area contributed by atoms with E-state index in [1.807, 2.05) is 37.3 Å². The number of carbonyl (C=O) groups excluding carboxylic acids is 1. The fourth-order valence-corrected chi connectivity index (χ4v) is 3.25. The third kappa shape index (κ3) is 4.71. The van der Waals surface area contributed by atoms with Crippen molar-refractivity contribution < 1.29 is 19.0 Å². The minimum atomic E-state index is -0.124. The molecular weight excluding hydrogens is 392 g/mol. The number of pyridine rings is 1. The third-order valence-corrected chi connectivity index (χ3v) is 4.92. The number of amides is 1. The molecule has 0 unspecified atom stereocenters. The largest absolute Gasteiger partial charge is 0.493 e. The van der Waals surface area contributed by atoms with Gasteiger partial charge in [0.1, 0.15) is 11.3 Å². The van der Waals surface area contributed by atoms with Crippen LogP contribution < -0.4 is 14.2 Å². The topological polar surface area (TPSA) is 60.9 Å². The van der Waals surface area contributed by atoms with Gasteiger partial charge in [-0.25, -0.2) is 0 Å². The number of ether oxygens (including phenoxy) is 3. The second-order valence-electron chi connectivity index (χ2n) is 6.33. The Morgan fingerprint density at radius 2 is 1.83 bits per heavy atom. The van der Waals surface area contributed by atoms with Gasteiger partial charge in [-0.05, 0) is 48.9 Å². The fraction of sp³-hybridized carbons (Fsp3) is 0.273. The Morgan fingerprint density at radius 3 is 2.55 bits per heavy atom. The van der Waals surface area contributed by atoms with Gasteiger partial charge < -0.3 is 19.1 Å². The predicted molar refractivity (Wildman–Crippen MR) is 113 cm³/mol. The van der Waals surface area contributed by atoms with E-state index in [9.17, 15) is 4.79 Å². The Labute approximate surface area is 175 Å². The van der Waals surface area contributed by atoms with Crippen LogP contribution in [0.3, 0.4) is 0 Å². The number of benzene rings is 2. The van der Waals surface area contributed by atoms with Crippen molar-refractivity contribution in [1.29, 1.82) is 0 Å². The highest BCUT2D eigenvalue weighted by Crippen LogP contribution is 2.30. The van der Waals surface area contributed by atoms with Crippen LogP contribution in [0.25, 0.3) is 10.9 Å². The number of aromatic nitrogens is 1. The van der Waals surface area contributed by atoms with Gasteiger partial charge in [0.2, 0.25) is 0 Å². The number of halogens is 1. The Hall–Kier alpha value is -2.99. The number of fused-ring (bicyclic) bond motifs is 1. The zero-order chi connectivity index (χ0) is 20.8. The lowest BCUT2D eigenvalue weighted by molar-refractivity contribution is -0.133. The number of likely N-dealkylation sites (N-methyl/N-ethyl adjacent to an activating group) is 1. The van der Waals surface area contributed by atoms with E-state index in [-0.39, 0.29) is 12.5 Å². The van der Waals surface area contributed by atoms with Crippen LogP contribution >= 0.6 is 11.6 Å². The Kier molecular flexibility index (Phi) is 6.77. The van der Waals surface area contributed by atoms with Gasteiger partial charge in [0.05, 0.1) is 19.2 Å². The molecule has 0 saturated carbocycles. The van der Waals surface area contributed by atoms with Crippen molar-refractivity contribution >= 4 is 28.4 Å². The van der Waals surface area contributed by atoms with Gasteiger partial charge in [-0.1, -0.05) is 17.7 Å². The van der Waals surface area contributed by atoms with E-state index in [1.54, 1.807) is 37.4 Å². The fourth-order valence-electron chi connectivity index (χ4n) is 3.03. The summed E-state index contributed by atoms with van der Waals surface area (Å²) < 4.78 is 16.4. The first-order chi connectivity index (χ1) is 14.1. The summed E-state index contributed by atoms with van der Waals surface area (Å²) in [6.45, 7) is 2.83. The van der Waals surface area contributed by atoms with Crippen molar-refractivity contribution in [2.24, 2.45) is 0 Å². The standard InChI is InChI=1S/C22H23ClN2O4/c1-4-25(13-15-7-9-18(27-2)20(12-15)28-3)21(26)14-29-19-10-8-17(23)16-6-5-11-24-22(16)19/h5-12H,4,13-14H2,1-3H3. The summed E-state index contributed by atoms with van der Waals surface area (Å²) in [5, 5.41) is 1.38. The molecule has 0 aliphatic carbocycles. The Morgan fingerprint density at radius 1 is 1.07 bits per heavy atom. The summed E-state index contributed by atoms with van der Waals surface area (Å²) in [7, 11) is 3.18. The molecule has 0 atom stereocenters. The number of carbonyl (C=O) groups is 1. The quantitative estimate of drug-likeness (QED) is 0.549. The lowest BCUT2D eigenvalue weighted by atomic mass is 10.2. The SMILES string of the molecule is CCN(Cc1ccc(OC)c(OC)c1)C(=O)COc1ccc(Cl)c2cccnc12. The van der Waals surface area contributed by atoms with Crippen molar-refractivity contribution in [2.75, 3.05) is 27.4 Å². The van der Waals surface area contributed by atoms with Crippen LogP contribution in [0.4, 0.5) is 0 Å². The first-order valence-corrected chi connectivity index (χ1v) is 9.59. The lowest BCUT2D eigenvalue weighted by Crippen LogP contribution is -2.34. The van der Waals surface area contributed by atoms with Crippen LogP contribution in [0, 0.1) is 0 Å². The maximum atomic E-state index is 12.7. The zero-order valence-corrected chi connectivity index (χ0v) is 17.4. The van der Waals surface area contributed by atoms with Gasteiger partial charge in [-0.2, -0.15) is 0 Å². The van der Waals surface area contributed by atoms with Gasteiger partial charge in [0.15, 0.2) is 18.1 Å². The second-order valence-corrected chi connectivity index (χ2v) is 6.74. The molecule has 2 aromatic carbocycles. The number of rotatable bonds is 8. The van der Waals surface area contributed by atoms with Crippen molar-refractivity contribution in [3.05, 3.63) is 59.2 Å². The highest BCUT2D eigenvalue weighted by Gasteiger charge is 2.16. The smallest absolute Gasteiger partial charge is 0.260 e. The van der Waals surface area contributed by atoms with E-state index >= 15 is 0 Å². The molecule has 6 nitrogen and oxygen atoms in total. The summed E-state index contributed by atoms with van der Waals surface area (Å²) in [5.74, 6) is 1.68. The Balaban J connectivity index is 1.70. The monoisotopic (exact) mass is 414 g/mol. The number of methoxy groups -OCH3 is 2. The van der Waals surface area contributed by atoms with E-state index < -0.39 is 0 Å². The van der Waals surface area contributed by atoms with Crippen molar-refractivity contribution in [2.45, 2.75) is 13.5 Å². The van der Waals surface area contributed by atoms with E-state index in [1.165, 1.54) is 0 Å². The van der Waals surface area contributed by atoms with E-state index in [4.69, 9.17) is 25.8 Å². The molecule has 0 spiro atoms. The molecule has 0 radical (unpaired) electrons. The molecule has 0 aliphatic heterocycles. The molecule has 3 rings (SSSR count). The molecule has 0 aliphatic rings. The van der Waals surface area contributed by atoms with Crippen LogP contribution in [0.2, 0.25) is 5.02 Å². The lowest BCUT2D eigenvalue weighted by Gasteiger charge is -2.22. The second kappa shape index (κ2) is 9.47. The van der Waals surface area contributed by atoms with Gasteiger partial charge in [-0.15, -0.1) is 0 Å². The first-order valence-electron chi connectivity index (χ1n) is 9.22. The predicted octanol–water partition coefficient (Wildman–Crippen LogP) is 4.33. The summed E-state index contributed by atoms with van der Waals surface area (Å²) in [6, 6.07) is 12.8. The van der Waals surface area contributed by atoms with Crippen LogP contribution in [-0.4, -0.2) is 43.2 Å². The zero-order valence-electron chi connectivity index (χ0n) is 16.6. The molecule has 0 saturated heterocycles. The average Bonchev–Trinajstić information content (AvgIpc) is 2.76. The highest BCUT2D eigenvalue weighted by atomic mass is 35.5. The molecule has 29 heavy (non-hydrogen) atoms. The van der Waals surface area contributed by atoms with Gasteiger partial charge in [0.25, 0.3) is 5.91 Å². The van der Waals surface area contributed by atoms with Crippen LogP contribution in [0.5, 0.6) is 17.2 Å². The van der Waals surface area contributed by atoms with Crippen molar-refractivity contribution in [3.63, 3.8) is 0 Å². The highest BCUT2D eigenvalue weighted by molar-refractivity contribution is 6.35. The molecule has 3 aromatic rings. The number of hydrogen-bond acceptors (Lipinski definition) is 5. The molecular formula is C22H23ClN2O4. The van der Waals surface area contributed by atoms with E-state index in [2.05, 4.69) is 4.98 Å². The Bertz CT molecular complexity index is 1010. The minimum Gasteiger partial charge on any atom is -0.493 e. The van der Waals surface area contributed by atoms with E-state index in [0.717, 1.165) is 10.9 Å². The molecule has 0 bridgehead atoms. The number of nitrogens with zero attached hydrogens (tertiary/aromatic N) is 2. The normalized spacial score (nSPS) is 10.6. The van der Waals surface area contributed by atoms with E-state index in [0.29, 0.717) is 40.9 Å². The molecule has 7 heteroatoms. The summed E-state index contributed by atoms with van der Waals surface area (Å²) >= 11 is 6.21. The summed E-state index contributed by atoms with van der Waals surface area (Å²) in [4.78, 5) is 18.8. The number of hydrogen-bond donors (Lipinski definition) is 0. The van der Waals surface area contributed by atoms with Crippen molar-refractivity contribution in [3.8, 4) is 17.2 Å². The van der Waals surface area contributed by atoms with Gasteiger partial charge in [0, 0.05) is 24.7 Å². The molecule has 1 heterocycles. The first kappa shape index (κ1) is 20.7. The maximum absolute atomic E-state index is 12.7. The van der Waals surface area contributed by atoms with Crippen molar-refractivity contribution in [1.82, 2.24) is 9.88 Å². The molecule has 1 aromatic heterocycles. The van der Waals surface area contributed by atoms with Crippen LogP contribution in [0.15, 0.2) is 48.7 Å². The molecule has 152 valence electrons. The summed E-state index contributed by atoms with van der Waals surface area (Å²) in [6.07, 6.45) is 1.67. The van der Waals surface area contributed by atoms with Crippen LogP contribution in [0.1, 0.15) is 12.5 Å². The summed E-state index contributed by atoms with van der Waals surface area (Å²) in [5.41, 5.74) is 1.58. The third-order valence-electron chi connectivity index (χ3n) is 4.59. The maximum Gasteiger partial charge on any atom is 0.260 e. The molecule has 0 N–H and O–H groups in total. The molecule has 1 amide bonds. The van der Waals surface area contributed by atoms with Crippen LogP contribution in [-0.2, 0) is 11.3 Å². The van der Waals surface area contributed by atoms with Gasteiger partial charge >= 0.3 is 0 Å². The average molecular weight is 415 g/mol. The minimum absolute atomic E-state index is 0.0889. The van der Waals surface area contributed by atoms with Gasteiger partial charge in [-0.3, -0.25) is 9.78 Å².